The first-order valence-electron chi connectivity index (χ1n) is 11.1. The number of nitrogens with zero attached hydrogens (tertiary/aromatic N) is 1. The molecular weight excluding hydrogens is 422 g/mol. The largest absolute Gasteiger partial charge is 0.351 e. The Morgan fingerprint density at radius 2 is 1.88 bits per heavy atom. The molecule has 6 nitrogen and oxygen atoms in total. The van der Waals surface area contributed by atoms with Crippen LogP contribution in [0.2, 0.25) is 0 Å². The van der Waals surface area contributed by atoms with Crippen LogP contribution in [0.25, 0.3) is 0 Å². The second-order valence-electron chi connectivity index (χ2n) is 8.15. The summed E-state index contributed by atoms with van der Waals surface area (Å²) >= 11 is 1.31. The number of benzene rings is 1. The van der Waals surface area contributed by atoms with Crippen molar-refractivity contribution in [2.24, 2.45) is 0 Å². The summed E-state index contributed by atoms with van der Waals surface area (Å²) in [5, 5.41) is 7.64. The highest BCUT2D eigenvalue weighted by Crippen LogP contribution is 2.24. The van der Waals surface area contributed by atoms with Crippen molar-refractivity contribution in [3.8, 4) is 0 Å². The van der Waals surface area contributed by atoms with Gasteiger partial charge in [0.05, 0.1) is 11.4 Å². The lowest BCUT2D eigenvalue weighted by Gasteiger charge is -2.33. The number of amides is 3. The molecule has 3 rings (SSSR count). The van der Waals surface area contributed by atoms with Gasteiger partial charge in [-0.2, -0.15) is 0 Å². The van der Waals surface area contributed by atoms with E-state index in [0.29, 0.717) is 4.88 Å². The molecule has 1 saturated carbocycles. The molecule has 1 aromatic carbocycles. The first-order valence-corrected chi connectivity index (χ1v) is 12.0. The molecule has 0 radical (unpaired) electrons. The number of hydrogen-bond acceptors (Lipinski definition) is 4. The zero-order valence-corrected chi connectivity index (χ0v) is 19.3. The van der Waals surface area contributed by atoms with E-state index in [4.69, 9.17) is 0 Å². The number of hydrogen-bond donors (Lipinski definition) is 2. The normalized spacial score (nSPS) is 14.9. The lowest BCUT2D eigenvalue weighted by atomic mass is 9.94. The number of rotatable bonds is 9. The quantitative estimate of drug-likeness (QED) is 0.564. The van der Waals surface area contributed by atoms with E-state index in [1.807, 2.05) is 36.6 Å². The molecule has 2 N–H and O–H groups in total. The third kappa shape index (κ3) is 6.29. The summed E-state index contributed by atoms with van der Waals surface area (Å²) < 4.78 is 0. The number of carbonyl (C=O) groups excluding carboxylic acids is 3. The zero-order chi connectivity index (χ0) is 22.9. The van der Waals surface area contributed by atoms with Gasteiger partial charge in [-0.1, -0.05) is 61.2 Å². The van der Waals surface area contributed by atoms with Crippen molar-refractivity contribution < 1.29 is 14.4 Å². The van der Waals surface area contributed by atoms with Crippen LogP contribution in [0.5, 0.6) is 0 Å². The van der Waals surface area contributed by atoms with Crippen molar-refractivity contribution in [3.63, 3.8) is 0 Å². The smallest absolute Gasteiger partial charge is 0.261 e. The standard InChI is InChI=1S/C25H31N3O3S/c1-3-15-28(22(29)17-26-24(30)21-10-7-16-32-21)23(19-13-11-18(2)12-14-19)25(31)27-20-8-5-4-6-9-20/h3,7,10-14,16,20,23H,1,4-6,8-9,15,17H2,2H3,(H,26,30)(H,27,31)/t23-/m1/s1. The maximum Gasteiger partial charge on any atom is 0.261 e. The van der Waals surface area contributed by atoms with Crippen molar-refractivity contribution in [1.82, 2.24) is 15.5 Å². The second kappa shape index (κ2) is 11.6. The molecule has 2 aromatic rings. The fourth-order valence-corrected chi connectivity index (χ4v) is 4.63. The molecule has 0 aliphatic heterocycles. The van der Waals surface area contributed by atoms with E-state index in [1.165, 1.54) is 22.7 Å². The summed E-state index contributed by atoms with van der Waals surface area (Å²) in [5.74, 6) is -0.829. The minimum Gasteiger partial charge on any atom is -0.351 e. The predicted molar refractivity (Wildman–Crippen MR) is 127 cm³/mol. The van der Waals surface area contributed by atoms with Gasteiger partial charge in [0.15, 0.2) is 0 Å². The van der Waals surface area contributed by atoms with Crippen molar-refractivity contribution in [2.45, 2.75) is 51.1 Å². The van der Waals surface area contributed by atoms with Crippen LogP contribution in [0.15, 0.2) is 54.4 Å². The highest BCUT2D eigenvalue weighted by atomic mass is 32.1. The van der Waals surface area contributed by atoms with Gasteiger partial charge in [-0.05, 0) is 36.8 Å². The molecule has 170 valence electrons. The average molecular weight is 454 g/mol. The second-order valence-corrected chi connectivity index (χ2v) is 9.10. The van der Waals surface area contributed by atoms with Crippen LogP contribution in [-0.2, 0) is 9.59 Å². The summed E-state index contributed by atoms with van der Waals surface area (Å²) in [4.78, 5) is 40.9. The van der Waals surface area contributed by atoms with Gasteiger partial charge < -0.3 is 15.5 Å². The molecule has 1 aromatic heterocycles. The van der Waals surface area contributed by atoms with Crippen LogP contribution < -0.4 is 10.6 Å². The fourth-order valence-electron chi connectivity index (χ4n) is 3.99. The van der Waals surface area contributed by atoms with E-state index in [1.54, 1.807) is 18.2 Å². The van der Waals surface area contributed by atoms with Gasteiger partial charge in [-0.15, -0.1) is 17.9 Å². The van der Waals surface area contributed by atoms with Crippen LogP contribution in [0.3, 0.4) is 0 Å². The van der Waals surface area contributed by atoms with Gasteiger partial charge >= 0.3 is 0 Å². The molecule has 1 fully saturated rings. The molecule has 7 heteroatoms. The molecule has 1 heterocycles. The first kappa shape index (κ1) is 23.7. The van der Waals surface area contributed by atoms with Crippen LogP contribution >= 0.6 is 11.3 Å². The topological polar surface area (TPSA) is 78.5 Å². The van der Waals surface area contributed by atoms with Crippen molar-refractivity contribution in [3.05, 3.63) is 70.4 Å². The summed E-state index contributed by atoms with van der Waals surface area (Å²) in [6.07, 6.45) is 6.92. The van der Waals surface area contributed by atoms with Gasteiger partial charge in [0.1, 0.15) is 6.04 Å². The third-order valence-corrected chi connectivity index (χ3v) is 6.56. The van der Waals surface area contributed by atoms with E-state index >= 15 is 0 Å². The number of thiophene rings is 1. The minimum atomic E-state index is -0.790. The van der Waals surface area contributed by atoms with Crippen LogP contribution in [0, 0.1) is 6.92 Å². The van der Waals surface area contributed by atoms with Gasteiger partial charge in [-0.3, -0.25) is 14.4 Å². The predicted octanol–water partition coefficient (Wildman–Crippen LogP) is 3.99. The van der Waals surface area contributed by atoms with E-state index in [0.717, 1.165) is 36.8 Å². The Morgan fingerprint density at radius 3 is 2.50 bits per heavy atom. The zero-order valence-electron chi connectivity index (χ0n) is 18.5. The molecule has 0 spiro atoms. The monoisotopic (exact) mass is 453 g/mol. The molecule has 0 unspecified atom stereocenters. The Balaban J connectivity index is 1.80. The summed E-state index contributed by atoms with van der Waals surface area (Å²) in [7, 11) is 0. The van der Waals surface area contributed by atoms with Gasteiger partial charge in [0.25, 0.3) is 5.91 Å². The molecule has 1 atom stereocenters. The Hall–Kier alpha value is -2.93. The van der Waals surface area contributed by atoms with Crippen molar-refractivity contribution >= 4 is 29.1 Å². The highest BCUT2D eigenvalue weighted by Gasteiger charge is 2.32. The molecule has 1 aliphatic rings. The molecule has 3 amide bonds. The molecule has 32 heavy (non-hydrogen) atoms. The summed E-state index contributed by atoms with van der Waals surface area (Å²) in [5.41, 5.74) is 1.81. The first-order chi connectivity index (χ1) is 15.5. The summed E-state index contributed by atoms with van der Waals surface area (Å²) in [6.45, 7) is 5.76. The highest BCUT2D eigenvalue weighted by molar-refractivity contribution is 7.12. The lowest BCUT2D eigenvalue weighted by Crippen LogP contribution is -2.49. The van der Waals surface area contributed by atoms with Crippen molar-refractivity contribution in [2.75, 3.05) is 13.1 Å². The maximum absolute atomic E-state index is 13.4. The van der Waals surface area contributed by atoms with Gasteiger partial charge in [0, 0.05) is 12.6 Å². The van der Waals surface area contributed by atoms with E-state index in [9.17, 15) is 14.4 Å². The summed E-state index contributed by atoms with van der Waals surface area (Å²) in [6, 6.07) is 10.5. The fraction of sp³-hybridized carbons (Fsp3) is 0.400. The van der Waals surface area contributed by atoms with Crippen LogP contribution in [0.1, 0.15) is 58.9 Å². The Morgan fingerprint density at radius 1 is 1.16 bits per heavy atom. The Bertz CT molecular complexity index is 918. The van der Waals surface area contributed by atoms with Gasteiger partial charge in [0.2, 0.25) is 11.8 Å². The molecule has 0 saturated heterocycles. The Labute approximate surface area is 193 Å². The number of carbonyl (C=O) groups is 3. The van der Waals surface area contributed by atoms with Crippen molar-refractivity contribution in [1.29, 1.82) is 0 Å². The minimum absolute atomic E-state index is 0.128. The molecule has 0 bridgehead atoms. The lowest BCUT2D eigenvalue weighted by molar-refractivity contribution is -0.139. The number of nitrogens with one attached hydrogen (secondary N) is 2. The SMILES string of the molecule is C=CCN(C(=O)CNC(=O)c1cccs1)[C@@H](C(=O)NC1CCCCC1)c1ccc(C)cc1. The van der Waals surface area contributed by atoms with E-state index in [-0.39, 0.29) is 36.9 Å². The van der Waals surface area contributed by atoms with E-state index in [2.05, 4.69) is 17.2 Å². The van der Waals surface area contributed by atoms with Gasteiger partial charge in [-0.25, -0.2) is 0 Å². The average Bonchev–Trinajstić information content (AvgIpc) is 3.34. The van der Waals surface area contributed by atoms with Crippen LogP contribution in [-0.4, -0.2) is 41.8 Å². The number of aryl methyl sites for hydroxylation is 1. The maximum atomic E-state index is 13.4. The third-order valence-electron chi connectivity index (χ3n) is 5.70. The molecular formula is C25H31N3O3S. The van der Waals surface area contributed by atoms with E-state index < -0.39 is 6.04 Å². The van der Waals surface area contributed by atoms with Crippen LogP contribution in [0.4, 0.5) is 0 Å². The molecule has 1 aliphatic carbocycles. The Kier molecular flexibility index (Phi) is 8.62.